The normalized spacial score (nSPS) is 12.4. The lowest BCUT2D eigenvalue weighted by Gasteiger charge is -2.16. The van der Waals surface area contributed by atoms with E-state index in [-0.39, 0.29) is 12.6 Å². The van der Waals surface area contributed by atoms with E-state index in [2.05, 4.69) is 10.3 Å². The summed E-state index contributed by atoms with van der Waals surface area (Å²) < 4.78 is 0. The van der Waals surface area contributed by atoms with Crippen molar-refractivity contribution in [2.75, 3.05) is 6.61 Å². The lowest BCUT2D eigenvalue weighted by Crippen LogP contribution is -2.24. The van der Waals surface area contributed by atoms with Crippen LogP contribution in [-0.2, 0) is 6.54 Å². The molecule has 1 aromatic carbocycles. The fourth-order valence-electron chi connectivity index (χ4n) is 1.81. The van der Waals surface area contributed by atoms with E-state index in [0.717, 1.165) is 16.8 Å². The van der Waals surface area contributed by atoms with Gasteiger partial charge in [-0.05, 0) is 36.2 Å². The van der Waals surface area contributed by atoms with E-state index in [1.807, 2.05) is 49.5 Å². The van der Waals surface area contributed by atoms with Crippen LogP contribution in [0.1, 0.15) is 22.9 Å². The Bertz CT molecular complexity index is 511. The predicted octanol–water partition coefficient (Wildman–Crippen LogP) is 2.87. The Labute approximate surface area is 118 Å². The summed E-state index contributed by atoms with van der Waals surface area (Å²) in [6.45, 7) is 2.66. The molecule has 0 aliphatic heterocycles. The van der Waals surface area contributed by atoms with Crippen LogP contribution in [0.5, 0.6) is 0 Å². The molecule has 100 valence electrons. The SMILES string of the molecule is Cc1ccc(CNC(CO)c2ccc(Cl)cc2)nc1. The molecule has 4 heteroatoms. The highest BCUT2D eigenvalue weighted by atomic mass is 35.5. The molecule has 0 aliphatic rings. The number of benzene rings is 1. The van der Waals surface area contributed by atoms with Crippen molar-refractivity contribution in [1.82, 2.24) is 10.3 Å². The molecule has 1 aromatic heterocycles. The molecule has 0 aliphatic carbocycles. The van der Waals surface area contributed by atoms with Crippen molar-refractivity contribution in [3.8, 4) is 0 Å². The minimum absolute atomic E-state index is 0.0352. The Morgan fingerprint density at radius 2 is 1.95 bits per heavy atom. The highest BCUT2D eigenvalue weighted by Gasteiger charge is 2.09. The van der Waals surface area contributed by atoms with Crippen molar-refractivity contribution in [3.05, 3.63) is 64.4 Å². The van der Waals surface area contributed by atoms with Crippen LogP contribution in [-0.4, -0.2) is 16.7 Å². The molecular formula is C15H17ClN2O. The van der Waals surface area contributed by atoms with Gasteiger partial charge in [0.2, 0.25) is 0 Å². The van der Waals surface area contributed by atoms with Gasteiger partial charge in [0.25, 0.3) is 0 Å². The summed E-state index contributed by atoms with van der Waals surface area (Å²) in [5.41, 5.74) is 3.11. The zero-order chi connectivity index (χ0) is 13.7. The molecule has 2 aromatic rings. The molecule has 1 unspecified atom stereocenters. The number of pyridine rings is 1. The molecule has 0 fully saturated rings. The molecule has 0 saturated carbocycles. The van der Waals surface area contributed by atoms with E-state index < -0.39 is 0 Å². The van der Waals surface area contributed by atoms with Gasteiger partial charge >= 0.3 is 0 Å². The smallest absolute Gasteiger partial charge is 0.0626 e. The van der Waals surface area contributed by atoms with Crippen LogP contribution >= 0.6 is 11.6 Å². The highest BCUT2D eigenvalue weighted by Crippen LogP contribution is 2.16. The fraction of sp³-hybridized carbons (Fsp3) is 0.267. The molecule has 19 heavy (non-hydrogen) atoms. The van der Waals surface area contributed by atoms with Crippen molar-refractivity contribution in [2.45, 2.75) is 19.5 Å². The first kappa shape index (κ1) is 14.0. The molecule has 0 bridgehead atoms. The number of hydrogen-bond acceptors (Lipinski definition) is 3. The van der Waals surface area contributed by atoms with Crippen LogP contribution in [0.3, 0.4) is 0 Å². The summed E-state index contributed by atoms with van der Waals surface area (Å²) >= 11 is 5.85. The fourth-order valence-corrected chi connectivity index (χ4v) is 1.94. The number of aliphatic hydroxyl groups is 1. The first-order chi connectivity index (χ1) is 9.19. The summed E-state index contributed by atoms with van der Waals surface area (Å²) in [7, 11) is 0. The van der Waals surface area contributed by atoms with Gasteiger partial charge in [-0.2, -0.15) is 0 Å². The van der Waals surface area contributed by atoms with Gasteiger partial charge in [-0.3, -0.25) is 4.98 Å². The molecule has 2 N–H and O–H groups in total. The maximum atomic E-state index is 9.45. The van der Waals surface area contributed by atoms with Crippen LogP contribution < -0.4 is 5.32 Å². The third kappa shape index (κ3) is 4.03. The Kier molecular flexibility index (Phi) is 4.91. The third-order valence-corrected chi connectivity index (χ3v) is 3.21. The van der Waals surface area contributed by atoms with Crippen molar-refractivity contribution >= 4 is 11.6 Å². The molecule has 1 atom stereocenters. The Morgan fingerprint density at radius 1 is 1.21 bits per heavy atom. The second-order valence-electron chi connectivity index (χ2n) is 4.49. The molecule has 2 rings (SSSR count). The Morgan fingerprint density at radius 3 is 2.53 bits per heavy atom. The number of aromatic nitrogens is 1. The number of halogens is 1. The van der Waals surface area contributed by atoms with Crippen LogP contribution in [0.2, 0.25) is 5.02 Å². The minimum Gasteiger partial charge on any atom is -0.394 e. The van der Waals surface area contributed by atoms with Gasteiger partial charge in [0.05, 0.1) is 18.3 Å². The number of aliphatic hydroxyl groups excluding tert-OH is 1. The topological polar surface area (TPSA) is 45.1 Å². The number of nitrogens with one attached hydrogen (secondary N) is 1. The van der Waals surface area contributed by atoms with E-state index in [0.29, 0.717) is 11.6 Å². The van der Waals surface area contributed by atoms with Crippen LogP contribution in [0.4, 0.5) is 0 Å². The Balaban J connectivity index is 1.99. The van der Waals surface area contributed by atoms with Gasteiger partial charge in [-0.25, -0.2) is 0 Å². The zero-order valence-corrected chi connectivity index (χ0v) is 11.6. The van der Waals surface area contributed by atoms with E-state index in [4.69, 9.17) is 11.6 Å². The molecular weight excluding hydrogens is 260 g/mol. The molecule has 0 spiro atoms. The maximum Gasteiger partial charge on any atom is 0.0626 e. The Hall–Kier alpha value is -1.42. The highest BCUT2D eigenvalue weighted by molar-refractivity contribution is 6.30. The molecule has 3 nitrogen and oxygen atoms in total. The van der Waals surface area contributed by atoms with Crippen LogP contribution in [0.15, 0.2) is 42.6 Å². The first-order valence-corrected chi connectivity index (χ1v) is 6.58. The lowest BCUT2D eigenvalue weighted by atomic mass is 10.1. The average Bonchev–Trinajstić information content (AvgIpc) is 2.43. The van der Waals surface area contributed by atoms with Gasteiger partial charge in [-0.15, -0.1) is 0 Å². The molecule has 0 saturated heterocycles. The molecule has 1 heterocycles. The van der Waals surface area contributed by atoms with Gasteiger partial charge in [0.1, 0.15) is 0 Å². The first-order valence-electron chi connectivity index (χ1n) is 6.20. The summed E-state index contributed by atoms with van der Waals surface area (Å²) in [5, 5.41) is 13.4. The van der Waals surface area contributed by atoms with Crippen molar-refractivity contribution in [1.29, 1.82) is 0 Å². The zero-order valence-electron chi connectivity index (χ0n) is 10.8. The minimum atomic E-state index is -0.111. The quantitative estimate of drug-likeness (QED) is 0.883. The standard InChI is InChI=1S/C15H17ClN2O/c1-11-2-7-14(17-8-11)9-18-15(10-19)12-3-5-13(16)6-4-12/h2-8,15,18-19H,9-10H2,1H3. The monoisotopic (exact) mass is 276 g/mol. The van der Waals surface area contributed by atoms with E-state index in [1.165, 1.54) is 0 Å². The summed E-state index contributed by atoms with van der Waals surface area (Å²) in [4.78, 5) is 4.33. The van der Waals surface area contributed by atoms with Crippen molar-refractivity contribution < 1.29 is 5.11 Å². The van der Waals surface area contributed by atoms with Crippen molar-refractivity contribution in [3.63, 3.8) is 0 Å². The summed E-state index contributed by atoms with van der Waals surface area (Å²) in [5.74, 6) is 0. The number of hydrogen-bond donors (Lipinski definition) is 2. The number of rotatable bonds is 5. The largest absolute Gasteiger partial charge is 0.394 e. The summed E-state index contributed by atoms with van der Waals surface area (Å²) in [6.07, 6.45) is 1.84. The number of nitrogens with zero attached hydrogens (tertiary/aromatic N) is 1. The average molecular weight is 277 g/mol. The maximum absolute atomic E-state index is 9.45. The predicted molar refractivity (Wildman–Crippen MR) is 77.1 cm³/mol. The van der Waals surface area contributed by atoms with E-state index in [1.54, 1.807) is 0 Å². The van der Waals surface area contributed by atoms with Crippen molar-refractivity contribution in [2.24, 2.45) is 0 Å². The van der Waals surface area contributed by atoms with E-state index in [9.17, 15) is 5.11 Å². The number of aryl methyl sites for hydroxylation is 1. The molecule has 0 radical (unpaired) electrons. The van der Waals surface area contributed by atoms with Gasteiger partial charge in [0, 0.05) is 17.8 Å². The van der Waals surface area contributed by atoms with Gasteiger partial charge in [-0.1, -0.05) is 29.8 Å². The van der Waals surface area contributed by atoms with Gasteiger partial charge in [0.15, 0.2) is 0 Å². The van der Waals surface area contributed by atoms with Gasteiger partial charge < -0.3 is 10.4 Å². The third-order valence-electron chi connectivity index (χ3n) is 2.96. The van der Waals surface area contributed by atoms with Crippen LogP contribution in [0.25, 0.3) is 0 Å². The van der Waals surface area contributed by atoms with Crippen LogP contribution in [0, 0.1) is 6.92 Å². The second-order valence-corrected chi connectivity index (χ2v) is 4.93. The lowest BCUT2D eigenvalue weighted by molar-refractivity contribution is 0.243. The molecule has 0 amide bonds. The van der Waals surface area contributed by atoms with E-state index >= 15 is 0 Å². The second kappa shape index (κ2) is 6.66. The summed E-state index contributed by atoms with van der Waals surface area (Å²) in [6, 6.07) is 11.4.